The summed E-state index contributed by atoms with van der Waals surface area (Å²) in [5, 5.41) is 0. The maximum atomic E-state index is 4.47. The average molecular weight is 602 g/mol. The highest BCUT2D eigenvalue weighted by Crippen LogP contribution is 2.34. The lowest BCUT2D eigenvalue weighted by atomic mass is 9.75. The summed E-state index contributed by atoms with van der Waals surface area (Å²) >= 11 is 0. The molecule has 0 bridgehead atoms. The molecule has 4 rings (SSSR count). The molecule has 43 heavy (non-hydrogen) atoms. The minimum Gasteiger partial charge on any atom is -0.299 e. The Labute approximate surface area is 273 Å². The van der Waals surface area contributed by atoms with Crippen molar-refractivity contribution in [3.05, 3.63) is 66.0 Å². The van der Waals surface area contributed by atoms with Crippen molar-refractivity contribution in [2.45, 2.75) is 156 Å². The molecule has 0 N–H and O–H groups in total. The summed E-state index contributed by atoms with van der Waals surface area (Å²) in [5.41, 5.74) is 3.12. The largest absolute Gasteiger partial charge is 0.299 e. The number of benzene rings is 1. The third-order valence-corrected chi connectivity index (χ3v) is 8.35. The first-order chi connectivity index (χ1) is 19.2. The average Bonchev–Trinajstić information content (AvgIpc) is 3.01. The highest BCUT2D eigenvalue weighted by atomic mass is 15.2. The van der Waals surface area contributed by atoms with Crippen molar-refractivity contribution in [1.29, 1.82) is 0 Å². The van der Waals surface area contributed by atoms with E-state index in [1.807, 2.05) is 53.8 Å². The van der Waals surface area contributed by atoms with E-state index < -0.39 is 0 Å². The fourth-order valence-electron chi connectivity index (χ4n) is 5.60. The molecule has 1 atom stereocenters. The van der Waals surface area contributed by atoms with Gasteiger partial charge in [-0.3, -0.25) is 14.8 Å². The first-order valence-corrected chi connectivity index (χ1v) is 16.6. The predicted molar refractivity (Wildman–Crippen MR) is 200 cm³/mol. The van der Waals surface area contributed by atoms with Gasteiger partial charge in [-0.2, -0.15) is 0 Å². The molecular formula is C40H79N3. The fraction of sp³-hybridized carbons (Fsp3) is 0.725. The number of pyridine rings is 1. The molecular weight excluding hydrogens is 522 g/mol. The highest BCUT2D eigenvalue weighted by molar-refractivity contribution is 5.14. The van der Waals surface area contributed by atoms with Gasteiger partial charge in [0.1, 0.15) is 0 Å². The van der Waals surface area contributed by atoms with Crippen LogP contribution in [0.5, 0.6) is 0 Å². The Hall–Kier alpha value is -1.71. The molecule has 254 valence electrons. The molecule has 3 heteroatoms. The summed E-state index contributed by atoms with van der Waals surface area (Å²) in [5.74, 6) is 1.82. The van der Waals surface area contributed by atoms with Crippen LogP contribution in [0.4, 0.5) is 0 Å². The van der Waals surface area contributed by atoms with Gasteiger partial charge in [0, 0.05) is 24.8 Å². The van der Waals surface area contributed by atoms with Crippen molar-refractivity contribution in [3.63, 3.8) is 0 Å². The molecule has 0 radical (unpaired) electrons. The van der Waals surface area contributed by atoms with Crippen LogP contribution < -0.4 is 0 Å². The molecule has 1 aromatic heterocycles. The molecule has 2 fully saturated rings. The number of hydrogen-bond donors (Lipinski definition) is 0. The number of aromatic nitrogens is 1. The van der Waals surface area contributed by atoms with Crippen molar-refractivity contribution in [1.82, 2.24) is 14.8 Å². The molecule has 0 amide bonds. The molecule has 1 saturated heterocycles. The fourth-order valence-corrected chi connectivity index (χ4v) is 5.60. The van der Waals surface area contributed by atoms with Gasteiger partial charge in [-0.1, -0.05) is 128 Å². The lowest BCUT2D eigenvalue weighted by molar-refractivity contribution is 0.108. The molecule has 1 unspecified atom stereocenters. The van der Waals surface area contributed by atoms with Crippen LogP contribution in [0.15, 0.2) is 54.7 Å². The third kappa shape index (κ3) is 18.6. The minimum atomic E-state index is 0. The molecule has 2 aromatic rings. The summed E-state index contributed by atoms with van der Waals surface area (Å²) in [7, 11) is 2.25. The van der Waals surface area contributed by atoms with Gasteiger partial charge in [0.2, 0.25) is 0 Å². The van der Waals surface area contributed by atoms with Crippen molar-refractivity contribution >= 4 is 0 Å². The number of hydrogen-bond acceptors (Lipinski definition) is 3. The zero-order valence-electron chi connectivity index (χ0n) is 28.7. The van der Waals surface area contributed by atoms with Crippen LogP contribution in [-0.2, 0) is 6.54 Å². The standard InChI is InChI=1S/C16H25N.C15H24N2.3C2H6.3CH4/c1-16(2,3)15-9-11-17(12-10-15)13-14-7-5-4-6-8-14;1-12-7-9-14(10-8-12)17(3)13(2)15-6-4-5-11-16-15;3*1-2;;;/h4-8,15H,9-13H2,1-3H3;4-6,11-14H,7-10H2,1-3H3;3*1-2H3;3*1H4. The highest BCUT2D eigenvalue weighted by Gasteiger charge is 2.28. The smallest absolute Gasteiger partial charge is 0.0572 e. The van der Waals surface area contributed by atoms with Gasteiger partial charge in [0.15, 0.2) is 0 Å². The normalized spacial score (nSPS) is 18.8. The van der Waals surface area contributed by atoms with Crippen LogP contribution in [0.2, 0.25) is 0 Å². The van der Waals surface area contributed by atoms with E-state index in [0.717, 1.165) is 24.4 Å². The van der Waals surface area contributed by atoms with E-state index in [1.165, 1.54) is 62.9 Å². The van der Waals surface area contributed by atoms with E-state index in [-0.39, 0.29) is 22.3 Å². The lowest BCUT2D eigenvalue weighted by Crippen LogP contribution is -2.37. The molecule has 3 nitrogen and oxygen atoms in total. The molecule has 1 aromatic carbocycles. The van der Waals surface area contributed by atoms with Gasteiger partial charge in [0.25, 0.3) is 0 Å². The van der Waals surface area contributed by atoms with Gasteiger partial charge >= 0.3 is 0 Å². The second-order valence-corrected chi connectivity index (χ2v) is 11.9. The van der Waals surface area contributed by atoms with E-state index in [4.69, 9.17) is 0 Å². The van der Waals surface area contributed by atoms with Crippen molar-refractivity contribution in [2.24, 2.45) is 17.3 Å². The van der Waals surface area contributed by atoms with E-state index in [2.05, 4.69) is 98.9 Å². The van der Waals surface area contributed by atoms with E-state index in [9.17, 15) is 0 Å². The van der Waals surface area contributed by atoms with E-state index >= 15 is 0 Å². The summed E-state index contributed by atoms with van der Waals surface area (Å²) in [6, 6.07) is 18.2. The van der Waals surface area contributed by atoms with Crippen LogP contribution >= 0.6 is 0 Å². The number of likely N-dealkylation sites (tertiary alicyclic amines) is 1. The Balaban J connectivity index is -0.000000284. The number of piperidine rings is 1. The van der Waals surface area contributed by atoms with Crippen LogP contribution in [0.1, 0.15) is 154 Å². The second-order valence-electron chi connectivity index (χ2n) is 11.9. The summed E-state index contributed by atoms with van der Waals surface area (Å²) < 4.78 is 0. The molecule has 0 spiro atoms. The van der Waals surface area contributed by atoms with Crippen LogP contribution in [0.3, 0.4) is 0 Å². The Bertz CT molecular complexity index is 799. The van der Waals surface area contributed by atoms with Gasteiger partial charge in [-0.25, -0.2) is 0 Å². The van der Waals surface area contributed by atoms with Crippen molar-refractivity contribution in [2.75, 3.05) is 20.1 Å². The minimum absolute atomic E-state index is 0. The molecule has 2 aliphatic rings. The van der Waals surface area contributed by atoms with Crippen LogP contribution in [-0.4, -0.2) is 41.0 Å². The monoisotopic (exact) mass is 602 g/mol. The van der Waals surface area contributed by atoms with Crippen LogP contribution in [0, 0.1) is 17.3 Å². The summed E-state index contributed by atoms with van der Waals surface area (Å²) in [4.78, 5) is 9.57. The van der Waals surface area contributed by atoms with Crippen molar-refractivity contribution < 1.29 is 0 Å². The lowest BCUT2D eigenvalue weighted by Gasteiger charge is -2.38. The van der Waals surface area contributed by atoms with Gasteiger partial charge in [-0.05, 0) is 101 Å². The second kappa shape index (κ2) is 27.8. The van der Waals surface area contributed by atoms with Crippen LogP contribution in [0.25, 0.3) is 0 Å². The Morgan fingerprint density at radius 1 is 0.767 bits per heavy atom. The topological polar surface area (TPSA) is 19.4 Å². The van der Waals surface area contributed by atoms with Gasteiger partial charge in [-0.15, -0.1) is 0 Å². The van der Waals surface area contributed by atoms with E-state index in [1.54, 1.807) is 0 Å². The maximum Gasteiger partial charge on any atom is 0.0572 e. The number of rotatable bonds is 5. The zero-order chi connectivity index (χ0) is 30.6. The van der Waals surface area contributed by atoms with Gasteiger partial charge in [0.05, 0.1) is 5.69 Å². The SMILES string of the molecule is C.C.C.CC.CC.CC.CC(C)(C)C1CCN(Cc2ccccc2)CC1.CC1CCC(N(C)C(C)c2ccccn2)CC1. The molecule has 1 aliphatic heterocycles. The third-order valence-electron chi connectivity index (χ3n) is 8.35. The Kier molecular flexibility index (Phi) is 31.2. The Morgan fingerprint density at radius 2 is 1.26 bits per heavy atom. The van der Waals surface area contributed by atoms with Crippen molar-refractivity contribution in [3.8, 4) is 0 Å². The first kappa shape index (κ1) is 48.2. The molecule has 1 aliphatic carbocycles. The zero-order valence-corrected chi connectivity index (χ0v) is 28.7. The first-order valence-electron chi connectivity index (χ1n) is 16.6. The van der Waals surface area contributed by atoms with Gasteiger partial charge < -0.3 is 0 Å². The summed E-state index contributed by atoms with van der Waals surface area (Å²) in [6.07, 6.45) is 10.0. The maximum absolute atomic E-state index is 4.47. The molecule has 1 saturated carbocycles. The predicted octanol–water partition coefficient (Wildman–Crippen LogP) is 12.6. The summed E-state index contributed by atoms with van der Waals surface area (Å²) in [6.45, 7) is 27.4. The Morgan fingerprint density at radius 3 is 1.70 bits per heavy atom. The van der Waals surface area contributed by atoms with E-state index in [0.29, 0.717) is 11.5 Å². The molecule has 2 heterocycles. The quantitative estimate of drug-likeness (QED) is 0.340. The number of nitrogens with zero attached hydrogens (tertiary/aromatic N) is 3.